The quantitative estimate of drug-likeness (QED) is 0.793. The molecule has 0 saturated heterocycles. The number of hydrogen-bond acceptors (Lipinski definition) is 4. The highest BCUT2D eigenvalue weighted by Gasteiger charge is 2.34. The van der Waals surface area contributed by atoms with E-state index in [-0.39, 0.29) is 5.56 Å². The van der Waals surface area contributed by atoms with Crippen LogP contribution in [0.3, 0.4) is 0 Å². The molecule has 1 unspecified atom stereocenters. The lowest BCUT2D eigenvalue weighted by Crippen LogP contribution is -2.33. The van der Waals surface area contributed by atoms with Gasteiger partial charge in [-0.05, 0) is 17.8 Å². The molecule has 94 valence electrons. The molecule has 0 aromatic heterocycles. The number of benzene rings is 2. The Kier molecular flexibility index (Phi) is 2.48. The van der Waals surface area contributed by atoms with Crippen molar-refractivity contribution in [3.05, 3.63) is 65.7 Å². The molecule has 2 aliphatic heterocycles. The third-order valence-corrected chi connectivity index (χ3v) is 4.31. The molecule has 0 aliphatic carbocycles. The number of nitrogens with zero attached hydrogens (tertiary/aromatic N) is 2. The second-order valence-corrected chi connectivity index (χ2v) is 5.54. The molecular formula is C15H12N2OS. The first-order valence-electron chi connectivity index (χ1n) is 6.22. The van der Waals surface area contributed by atoms with Crippen molar-refractivity contribution in [1.29, 1.82) is 0 Å². The van der Waals surface area contributed by atoms with Gasteiger partial charge < -0.3 is 4.74 Å². The Morgan fingerprint density at radius 2 is 1.84 bits per heavy atom. The molecule has 0 bridgehead atoms. The molecule has 0 amide bonds. The van der Waals surface area contributed by atoms with Crippen LogP contribution in [0.1, 0.15) is 11.1 Å². The fraction of sp³-hybridized carbons (Fsp3) is 0.133. The summed E-state index contributed by atoms with van der Waals surface area (Å²) in [5.74, 6) is 0.973. The smallest absolute Gasteiger partial charge is 0.241 e. The first-order valence-corrected chi connectivity index (χ1v) is 7.10. The number of hydrazone groups is 1. The third-order valence-electron chi connectivity index (χ3n) is 3.23. The fourth-order valence-corrected chi connectivity index (χ4v) is 3.29. The minimum atomic E-state index is -0.0369. The lowest BCUT2D eigenvalue weighted by molar-refractivity contribution is 0.0748. The predicted octanol–water partition coefficient (Wildman–Crippen LogP) is 3.27. The van der Waals surface area contributed by atoms with Gasteiger partial charge in [-0.15, -0.1) is 0 Å². The lowest BCUT2D eigenvalue weighted by Gasteiger charge is -2.29. The van der Waals surface area contributed by atoms with Gasteiger partial charge >= 0.3 is 0 Å². The van der Waals surface area contributed by atoms with Crippen LogP contribution in [0.4, 0.5) is 0 Å². The first kappa shape index (κ1) is 10.9. The van der Waals surface area contributed by atoms with E-state index in [9.17, 15) is 0 Å². The molecule has 0 spiro atoms. The van der Waals surface area contributed by atoms with Crippen LogP contribution < -0.4 is 4.74 Å². The maximum atomic E-state index is 5.98. The molecule has 2 aromatic carbocycles. The van der Waals surface area contributed by atoms with Crippen LogP contribution in [0, 0.1) is 0 Å². The summed E-state index contributed by atoms with van der Waals surface area (Å²) in [4.78, 5) is 0. The summed E-state index contributed by atoms with van der Waals surface area (Å²) in [7, 11) is 0. The van der Waals surface area contributed by atoms with Crippen molar-refractivity contribution >= 4 is 16.8 Å². The van der Waals surface area contributed by atoms with Gasteiger partial charge in [-0.2, -0.15) is 5.10 Å². The number of thioether (sulfide) groups is 1. The molecule has 2 aliphatic rings. The van der Waals surface area contributed by atoms with Crippen molar-refractivity contribution in [2.45, 2.75) is 12.1 Å². The summed E-state index contributed by atoms with van der Waals surface area (Å²) in [6, 6.07) is 18.4. The first-order chi connectivity index (χ1) is 9.40. The number of hydrogen-bond donors (Lipinski definition) is 0. The van der Waals surface area contributed by atoms with E-state index in [1.54, 1.807) is 11.8 Å². The van der Waals surface area contributed by atoms with Gasteiger partial charge in [0.2, 0.25) is 5.56 Å². The van der Waals surface area contributed by atoms with E-state index >= 15 is 0 Å². The average molecular weight is 268 g/mol. The summed E-state index contributed by atoms with van der Waals surface area (Å²) >= 11 is 1.66. The van der Waals surface area contributed by atoms with Crippen LogP contribution in [-0.4, -0.2) is 15.6 Å². The minimum Gasteiger partial charge on any atom is -0.459 e. The average Bonchev–Trinajstić information content (AvgIpc) is 2.88. The molecule has 4 rings (SSSR count). The maximum Gasteiger partial charge on any atom is 0.241 e. The molecule has 19 heavy (non-hydrogen) atoms. The Morgan fingerprint density at radius 3 is 2.74 bits per heavy atom. The lowest BCUT2D eigenvalue weighted by atomic mass is 10.2. The van der Waals surface area contributed by atoms with E-state index in [4.69, 9.17) is 4.74 Å². The molecular weight excluding hydrogens is 256 g/mol. The highest BCUT2D eigenvalue weighted by Crippen LogP contribution is 2.38. The molecule has 0 saturated carbocycles. The van der Waals surface area contributed by atoms with E-state index in [2.05, 4.69) is 23.3 Å². The Hall–Kier alpha value is -1.94. The predicted molar refractivity (Wildman–Crippen MR) is 77.0 cm³/mol. The zero-order chi connectivity index (χ0) is 12.7. The van der Waals surface area contributed by atoms with Gasteiger partial charge in [0.15, 0.2) is 0 Å². The Bertz CT molecular complexity index is 642. The van der Waals surface area contributed by atoms with Crippen molar-refractivity contribution in [2.75, 3.05) is 0 Å². The summed E-state index contributed by atoms with van der Waals surface area (Å²) < 4.78 is 5.98. The van der Waals surface area contributed by atoms with Gasteiger partial charge in [0.25, 0.3) is 0 Å². The van der Waals surface area contributed by atoms with E-state index in [0.717, 1.165) is 22.9 Å². The van der Waals surface area contributed by atoms with E-state index in [1.165, 1.54) is 5.56 Å². The molecule has 0 fully saturated rings. The van der Waals surface area contributed by atoms with Crippen LogP contribution in [0.15, 0.2) is 59.7 Å². The third kappa shape index (κ3) is 1.88. The van der Waals surface area contributed by atoms with Gasteiger partial charge in [-0.25, -0.2) is 5.01 Å². The topological polar surface area (TPSA) is 24.8 Å². The van der Waals surface area contributed by atoms with E-state index < -0.39 is 0 Å². The van der Waals surface area contributed by atoms with Gasteiger partial charge in [-0.1, -0.05) is 48.5 Å². The maximum absolute atomic E-state index is 5.98. The molecule has 1 atom stereocenters. The fourth-order valence-electron chi connectivity index (χ4n) is 2.28. The zero-order valence-corrected chi connectivity index (χ0v) is 11.0. The van der Waals surface area contributed by atoms with E-state index in [1.807, 2.05) is 41.4 Å². The Morgan fingerprint density at radius 1 is 1.05 bits per heavy atom. The van der Waals surface area contributed by atoms with Gasteiger partial charge in [0, 0.05) is 11.1 Å². The number of ether oxygens (including phenoxy) is 1. The van der Waals surface area contributed by atoms with E-state index in [0.29, 0.717) is 0 Å². The standard InChI is InChI=1S/C15H12N2OS/c1-2-6-11(7-3-1)14-16-17-10-12-8-4-5-9-13(12)18-15(17)19-14/h1-9,15H,10H2. The van der Waals surface area contributed by atoms with Gasteiger partial charge in [0.1, 0.15) is 10.8 Å². The Balaban J connectivity index is 1.64. The number of rotatable bonds is 1. The summed E-state index contributed by atoms with van der Waals surface area (Å²) in [5.41, 5.74) is 2.30. The normalized spacial score (nSPS) is 20.3. The van der Waals surface area contributed by atoms with Crippen LogP contribution in [0.2, 0.25) is 0 Å². The van der Waals surface area contributed by atoms with Gasteiger partial charge in [-0.3, -0.25) is 0 Å². The molecule has 0 radical (unpaired) electrons. The van der Waals surface area contributed by atoms with Crippen molar-refractivity contribution in [1.82, 2.24) is 5.01 Å². The Labute approximate surface area is 115 Å². The molecule has 0 N–H and O–H groups in total. The summed E-state index contributed by atoms with van der Waals surface area (Å²) in [6.45, 7) is 0.810. The highest BCUT2D eigenvalue weighted by molar-refractivity contribution is 8.15. The van der Waals surface area contributed by atoms with Crippen LogP contribution in [0.25, 0.3) is 0 Å². The highest BCUT2D eigenvalue weighted by atomic mass is 32.2. The number of para-hydroxylation sites is 1. The molecule has 2 aromatic rings. The zero-order valence-electron chi connectivity index (χ0n) is 10.2. The SMILES string of the molecule is c1ccc(C2=NN3Cc4ccccc4OC3S2)cc1. The largest absolute Gasteiger partial charge is 0.459 e. The second-order valence-electron chi connectivity index (χ2n) is 4.52. The summed E-state index contributed by atoms with van der Waals surface area (Å²) in [6.07, 6.45) is 0. The second kappa shape index (κ2) is 4.31. The molecule has 2 heterocycles. The van der Waals surface area contributed by atoms with Crippen molar-refractivity contribution in [3.8, 4) is 5.75 Å². The van der Waals surface area contributed by atoms with Crippen LogP contribution in [0.5, 0.6) is 5.75 Å². The van der Waals surface area contributed by atoms with Crippen molar-refractivity contribution in [2.24, 2.45) is 5.10 Å². The molecule has 4 heteroatoms. The van der Waals surface area contributed by atoms with Crippen molar-refractivity contribution < 1.29 is 4.74 Å². The van der Waals surface area contributed by atoms with Crippen LogP contribution >= 0.6 is 11.8 Å². The van der Waals surface area contributed by atoms with Crippen LogP contribution in [-0.2, 0) is 6.54 Å². The monoisotopic (exact) mass is 268 g/mol. The summed E-state index contributed by atoms with van der Waals surface area (Å²) in [5, 5.41) is 7.70. The van der Waals surface area contributed by atoms with Crippen molar-refractivity contribution in [3.63, 3.8) is 0 Å². The molecule has 3 nitrogen and oxygen atoms in total. The minimum absolute atomic E-state index is 0.0369. The van der Waals surface area contributed by atoms with Gasteiger partial charge in [0.05, 0.1) is 6.54 Å². The number of fused-ring (bicyclic) bond motifs is 2.